The van der Waals surface area contributed by atoms with E-state index in [2.05, 4.69) is 5.32 Å². The largest absolute Gasteiger partial charge is 0.467 e. The molecule has 23 heavy (non-hydrogen) atoms. The molecule has 0 saturated heterocycles. The minimum atomic E-state index is -0.204. The maximum atomic E-state index is 12.6. The molecule has 0 aliphatic carbocycles. The van der Waals surface area contributed by atoms with Crippen LogP contribution in [0.2, 0.25) is 0 Å². The molecule has 0 saturated carbocycles. The molecule has 0 aliphatic rings. The van der Waals surface area contributed by atoms with Crippen LogP contribution in [-0.4, -0.2) is 23.8 Å². The molecular formula is C16H14N2O3S2. The van der Waals surface area contributed by atoms with Crippen LogP contribution in [0.3, 0.4) is 0 Å². The van der Waals surface area contributed by atoms with Gasteiger partial charge >= 0.3 is 0 Å². The predicted molar refractivity (Wildman–Crippen MR) is 91.1 cm³/mol. The van der Waals surface area contributed by atoms with Crippen LogP contribution in [0.5, 0.6) is 0 Å². The molecule has 0 aliphatic heterocycles. The molecular weight excluding hydrogens is 332 g/mol. The summed E-state index contributed by atoms with van der Waals surface area (Å²) >= 11 is 2.69. The third kappa shape index (κ3) is 3.52. The summed E-state index contributed by atoms with van der Waals surface area (Å²) in [5.74, 6) is 0.342. The number of hydrogen-bond acceptors (Lipinski definition) is 5. The fraction of sp³-hybridized carbons (Fsp3) is 0.125. The summed E-state index contributed by atoms with van der Waals surface area (Å²) in [5.41, 5.74) is 0.481. The number of carbonyl (C=O) groups is 2. The van der Waals surface area contributed by atoms with Crippen molar-refractivity contribution in [2.24, 2.45) is 0 Å². The van der Waals surface area contributed by atoms with Crippen molar-refractivity contribution in [3.8, 4) is 0 Å². The Balaban J connectivity index is 1.72. The van der Waals surface area contributed by atoms with Gasteiger partial charge in [0.25, 0.3) is 11.8 Å². The van der Waals surface area contributed by atoms with Gasteiger partial charge in [-0.05, 0) is 35.0 Å². The molecule has 0 unspecified atom stereocenters. The first-order valence-electron chi connectivity index (χ1n) is 6.85. The highest BCUT2D eigenvalue weighted by Gasteiger charge is 2.20. The number of nitrogens with zero attached hydrogens (tertiary/aromatic N) is 1. The van der Waals surface area contributed by atoms with Gasteiger partial charge in [0.2, 0.25) is 0 Å². The van der Waals surface area contributed by atoms with Gasteiger partial charge in [-0.3, -0.25) is 9.59 Å². The SMILES string of the molecule is CN(Cc1ccco1)C(=O)c1ccsc1NC(=O)c1cccs1. The van der Waals surface area contributed by atoms with E-state index in [1.807, 2.05) is 17.5 Å². The van der Waals surface area contributed by atoms with Crippen LogP contribution < -0.4 is 5.32 Å². The molecule has 7 heteroatoms. The standard InChI is InChI=1S/C16H14N2O3S2/c1-18(10-11-4-2-7-21-11)16(20)12-6-9-23-15(12)17-14(19)13-5-3-8-22-13/h2-9H,10H2,1H3,(H,17,19). The van der Waals surface area contributed by atoms with Crippen LogP contribution in [-0.2, 0) is 6.54 Å². The second kappa shape index (κ2) is 6.80. The second-order valence-corrected chi connectivity index (χ2v) is 6.70. The highest BCUT2D eigenvalue weighted by molar-refractivity contribution is 7.15. The van der Waals surface area contributed by atoms with E-state index < -0.39 is 0 Å². The Labute approximate surface area is 141 Å². The summed E-state index contributed by atoms with van der Waals surface area (Å²) < 4.78 is 5.26. The summed E-state index contributed by atoms with van der Waals surface area (Å²) in [5, 5.41) is 6.99. The van der Waals surface area contributed by atoms with E-state index in [0.29, 0.717) is 27.7 Å². The first kappa shape index (κ1) is 15.5. The van der Waals surface area contributed by atoms with E-state index in [0.717, 1.165) is 0 Å². The summed E-state index contributed by atoms with van der Waals surface area (Å²) in [6.07, 6.45) is 1.57. The first-order valence-corrected chi connectivity index (χ1v) is 8.61. The van der Waals surface area contributed by atoms with Crippen LogP contribution >= 0.6 is 22.7 Å². The van der Waals surface area contributed by atoms with Crippen molar-refractivity contribution < 1.29 is 14.0 Å². The normalized spacial score (nSPS) is 10.5. The van der Waals surface area contributed by atoms with Crippen molar-refractivity contribution >= 4 is 39.5 Å². The van der Waals surface area contributed by atoms with Gasteiger partial charge in [-0.15, -0.1) is 22.7 Å². The molecule has 118 valence electrons. The minimum absolute atomic E-state index is 0.163. The van der Waals surface area contributed by atoms with E-state index in [9.17, 15) is 9.59 Å². The lowest BCUT2D eigenvalue weighted by Crippen LogP contribution is -2.26. The van der Waals surface area contributed by atoms with E-state index in [1.165, 1.54) is 22.7 Å². The monoisotopic (exact) mass is 346 g/mol. The molecule has 0 fully saturated rings. The molecule has 0 radical (unpaired) electrons. The Morgan fingerprint density at radius 2 is 2.04 bits per heavy atom. The maximum Gasteiger partial charge on any atom is 0.266 e. The maximum absolute atomic E-state index is 12.6. The average molecular weight is 346 g/mol. The van der Waals surface area contributed by atoms with Gasteiger partial charge in [-0.25, -0.2) is 0 Å². The highest BCUT2D eigenvalue weighted by atomic mass is 32.1. The quantitative estimate of drug-likeness (QED) is 0.761. The number of nitrogens with one attached hydrogen (secondary N) is 1. The van der Waals surface area contributed by atoms with Crippen molar-refractivity contribution in [1.82, 2.24) is 4.90 Å². The van der Waals surface area contributed by atoms with E-state index in [-0.39, 0.29) is 11.8 Å². The third-order valence-electron chi connectivity index (χ3n) is 3.19. The van der Waals surface area contributed by atoms with E-state index in [1.54, 1.807) is 41.8 Å². The van der Waals surface area contributed by atoms with E-state index in [4.69, 9.17) is 4.42 Å². The summed E-state index contributed by atoms with van der Waals surface area (Å²) in [6.45, 7) is 0.375. The number of anilines is 1. The van der Waals surface area contributed by atoms with Crippen molar-refractivity contribution in [1.29, 1.82) is 0 Å². The molecule has 0 spiro atoms. The zero-order valence-corrected chi connectivity index (χ0v) is 13.9. The molecule has 5 nitrogen and oxygen atoms in total. The second-order valence-electron chi connectivity index (χ2n) is 4.84. The van der Waals surface area contributed by atoms with Crippen LogP contribution in [0.4, 0.5) is 5.00 Å². The zero-order chi connectivity index (χ0) is 16.2. The van der Waals surface area contributed by atoms with Gasteiger partial charge < -0.3 is 14.6 Å². The molecule has 3 heterocycles. The number of hydrogen-bond donors (Lipinski definition) is 1. The van der Waals surface area contributed by atoms with Gasteiger partial charge in [0.05, 0.1) is 23.2 Å². The highest BCUT2D eigenvalue weighted by Crippen LogP contribution is 2.26. The molecule has 3 rings (SSSR count). The number of carbonyl (C=O) groups excluding carboxylic acids is 2. The van der Waals surface area contributed by atoms with Crippen molar-refractivity contribution in [3.63, 3.8) is 0 Å². The zero-order valence-electron chi connectivity index (χ0n) is 12.3. The molecule has 0 atom stereocenters. The van der Waals surface area contributed by atoms with Gasteiger partial charge in [0.15, 0.2) is 0 Å². The lowest BCUT2D eigenvalue weighted by molar-refractivity contribution is 0.0777. The fourth-order valence-corrected chi connectivity index (χ4v) is 3.45. The van der Waals surface area contributed by atoms with Crippen LogP contribution in [0, 0.1) is 0 Å². The summed E-state index contributed by atoms with van der Waals surface area (Å²) in [7, 11) is 1.70. The van der Waals surface area contributed by atoms with Gasteiger partial charge in [-0.1, -0.05) is 6.07 Å². The van der Waals surface area contributed by atoms with Crippen LogP contribution in [0.1, 0.15) is 25.8 Å². The van der Waals surface area contributed by atoms with Crippen LogP contribution in [0.15, 0.2) is 51.8 Å². The first-order chi connectivity index (χ1) is 11.1. The Kier molecular flexibility index (Phi) is 4.59. The number of thiophene rings is 2. The van der Waals surface area contributed by atoms with Crippen molar-refractivity contribution in [2.45, 2.75) is 6.54 Å². The molecule has 0 bridgehead atoms. The Morgan fingerprint density at radius 1 is 1.17 bits per heavy atom. The lowest BCUT2D eigenvalue weighted by Gasteiger charge is -2.16. The molecule has 3 aromatic heterocycles. The number of amides is 2. The topological polar surface area (TPSA) is 62.6 Å². The summed E-state index contributed by atoms with van der Waals surface area (Å²) in [4.78, 5) is 26.9. The van der Waals surface area contributed by atoms with E-state index >= 15 is 0 Å². The lowest BCUT2D eigenvalue weighted by atomic mass is 10.2. The average Bonchev–Trinajstić information content (AvgIpc) is 3.28. The van der Waals surface area contributed by atoms with Crippen molar-refractivity contribution in [3.05, 3.63) is 63.6 Å². The molecule has 3 aromatic rings. The molecule has 1 N–H and O–H groups in total. The van der Waals surface area contributed by atoms with Gasteiger partial charge in [0, 0.05) is 7.05 Å². The third-order valence-corrected chi connectivity index (χ3v) is 4.89. The predicted octanol–water partition coefficient (Wildman–Crippen LogP) is 3.93. The summed E-state index contributed by atoms with van der Waals surface area (Å²) in [6, 6.07) is 8.88. The molecule has 0 aromatic carbocycles. The van der Waals surface area contributed by atoms with Gasteiger partial charge in [-0.2, -0.15) is 0 Å². The number of furan rings is 1. The fourth-order valence-electron chi connectivity index (χ4n) is 2.06. The minimum Gasteiger partial charge on any atom is -0.467 e. The molecule has 2 amide bonds. The Morgan fingerprint density at radius 3 is 2.74 bits per heavy atom. The van der Waals surface area contributed by atoms with Gasteiger partial charge in [0.1, 0.15) is 10.8 Å². The Hall–Kier alpha value is -2.38. The Bertz CT molecular complexity index is 791. The number of rotatable bonds is 5. The smallest absolute Gasteiger partial charge is 0.266 e. The van der Waals surface area contributed by atoms with Crippen molar-refractivity contribution in [2.75, 3.05) is 12.4 Å². The van der Waals surface area contributed by atoms with Crippen LogP contribution in [0.25, 0.3) is 0 Å².